The number of nitrogens with zero attached hydrogens (tertiary/aromatic N) is 4. The van der Waals surface area contributed by atoms with Crippen molar-refractivity contribution in [1.82, 2.24) is 15.1 Å². The summed E-state index contributed by atoms with van der Waals surface area (Å²) in [5, 5.41) is 7.71. The van der Waals surface area contributed by atoms with E-state index in [1.807, 2.05) is 17.9 Å². The molecule has 10 nitrogen and oxygen atoms in total. The highest BCUT2D eigenvalue weighted by Crippen LogP contribution is 2.46. The molecule has 1 saturated carbocycles. The Labute approximate surface area is 215 Å². The van der Waals surface area contributed by atoms with E-state index in [0.29, 0.717) is 11.4 Å². The molecule has 10 heteroatoms. The normalized spacial score (nSPS) is 18.3. The molecule has 36 heavy (non-hydrogen) atoms. The predicted octanol–water partition coefficient (Wildman–Crippen LogP) is 5.31. The van der Waals surface area contributed by atoms with Crippen molar-refractivity contribution in [3.05, 3.63) is 29.1 Å². The van der Waals surface area contributed by atoms with Gasteiger partial charge in [0.2, 0.25) is 5.91 Å². The average molecular weight is 502 g/mol. The number of likely N-dealkylation sites (tertiary alicyclic amines) is 1. The van der Waals surface area contributed by atoms with Crippen LogP contribution in [0.1, 0.15) is 85.3 Å². The molecular formula is C26H43N7O3. The first-order valence-electron chi connectivity index (χ1n) is 12.8. The van der Waals surface area contributed by atoms with E-state index in [0.717, 1.165) is 62.4 Å². The second kappa shape index (κ2) is 15.7. The molecule has 1 aromatic heterocycles. The van der Waals surface area contributed by atoms with E-state index < -0.39 is 0 Å². The zero-order chi connectivity index (χ0) is 27.1. The topological polar surface area (TPSA) is 158 Å². The van der Waals surface area contributed by atoms with Crippen LogP contribution < -0.4 is 5.73 Å². The Morgan fingerprint density at radius 2 is 1.78 bits per heavy atom. The van der Waals surface area contributed by atoms with E-state index in [2.05, 4.69) is 36.0 Å². The lowest BCUT2D eigenvalue weighted by Crippen LogP contribution is -2.36. The molecule has 1 saturated heterocycles. The third-order valence-corrected chi connectivity index (χ3v) is 6.82. The number of carbonyl (C=O) groups is 2. The minimum absolute atomic E-state index is 0.128. The van der Waals surface area contributed by atoms with Gasteiger partial charge in [-0.3, -0.25) is 4.79 Å². The van der Waals surface area contributed by atoms with Gasteiger partial charge in [0.05, 0.1) is 28.7 Å². The van der Waals surface area contributed by atoms with E-state index in [1.165, 1.54) is 19.2 Å². The zero-order valence-electron chi connectivity index (χ0n) is 22.5. The van der Waals surface area contributed by atoms with Gasteiger partial charge in [-0.1, -0.05) is 53.4 Å². The zero-order valence-corrected chi connectivity index (χ0v) is 22.5. The van der Waals surface area contributed by atoms with E-state index in [4.69, 9.17) is 21.5 Å². The minimum atomic E-state index is -0.276. The van der Waals surface area contributed by atoms with Gasteiger partial charge in [-0.25, -0.2) is 20.8 Å². The van der Waals surface area contributed by atoms with E-state index >= 15 is 0 Å². The summed E-state index contributed by atoms with van der Waals surface area (Å²) in [5.74, 6) is 1.39. The van der Waals surface area contributed by atoms with Gasteiger partial charge < -0.3 is 15.4 Å². The molecule has 2 aliphatic heterocycles. The molecule has 0 bridgehead atoms. The molecule has 200 valence electrons. The maximum Gasteiger partial charge on any atom is 0.336 e. The van der Waals surface area contributed by atoms with Crippen LogP contribution in [0.4, 0.5) is 5.82 Å². The maximum atomic E-state index is 12.6. The average Bonchev–Trinajstić information content (AvgIpc) is 3.40. The molecule has 0 aromatic carbocycles. The number of cyclic esters (lactones) is 1. The third kappa shape index (κ3) is 8.49. The molecular weight excluding hydrogens is 458 g/mol. The number of esters is 1. The van der Waals surface area contributed by atoms with Gasteiger partial charge in [-0.15, -0.1) is 5.10 Å². The van der Waals surface area contributed by atoms with Crippen molar-refractivity contribution < 1.29 is 14.3 Å². The summed E-state index contributed by atoms with van der Waals surface area (Å²) in [6.45, 7) is 11.4. The SMILES string of the molecule is CC1=C(N2CCC3(CCCCC3)C2=O)COC1=O.CCC(C)C.CCc1ccc(N=CN)nn1.N=N. The molecule has 4 N–H and O–H groups in total. The van der Waals surface area contributed by atoms with Gasteiger partial charge in [0.1, 0.15) is 6.61 Å². The number of rotatable bonds is 4. The summed E-state index contributed by atoms with van der Waals surface area (Å²) in [4.78, 5) is 29.6. The van der Waals surface area contributed by atoms with Crippen molar-refractivity contribution in [2.45, 2.75) is 86.0 Å². The molecule has 3 heterocycles. The fourth-order valence-corrected chi connectivity index (χ4v) is 4.21. The highest BCUT2D eigenvalue weighted by atomic mass is 16.5. The number of ether oxygens (including phenoxy) is 1. The summed E-state index contributed by atoms with van der Waals surface area (Å²) in [6, 6.07) is 3.67. The second-order valence-electron chi connectivity index (χ2n) is 9.51. The van der Waals surface area contributed by atoms with Crippen LogP contribution in [0.3, 0.4) is 0 Å². The minimum Gasteiger partial charge on any atom is -0.456 e. The number of carbonyl (C=O) groups excluding carboxylic acids is 2. The Morgan fingerprint density at radius 1 is 1.14 bits per heavy atom. The standard InChI is InChI=1S/C14H19NO3.C7H10N4.C5H12.H2N2/c1-10-11(9-18-12(10)16)15-8-7-14(13(15)17)5-3-2-4-6-14;1-2-6-3-4-7(9-5-8)11-10-6;1-4-5(2)3;1-2/h2-9H2,1H3;3-5H,2H2,1H3,(H2,8,9,11);5H,4H2,1-3H3;1-2H. The predicted molar refractivity (Wildman–Crippen MR) is 140 cm³/mol. The van der Waals surface area contributed by atoms with E-state index in [1.54, 1.807) is 13.0 Å². The number of aryl methyl sites for hydroxylation is 1. The van der Waals surface area contributed by atoms with Crippen LogP contribution in [-0.4, -0.2) is 46.5 Å². The Hall–Kier alpha value is -3.17. The number of amides is 1. The number of aromatic nitrogens is 2. The molecule has 2 fully saturated rings. The quantitative estimate of drug-likeness (QED) is 0.219. The number of nitrogens with one attached hydrogen (secondary N) is 2. The lowest BCUT2D eigenvalue weighted by atomic mass is 9.73. The third-order valence-electron chi connectivity index (χ3n) is 6.82. The number of aliphatic imine (C=N–C) groups is 1. The summed E-state index contributed by atoms with van der Waals surface area (Å²) < 4.78 is 5.01. The molecule has 1 aliphatic carbocycles. The van der Waals surface area contributed by atoms with E-state index in [-0.39, 0.29) is 23.9 Å². The molecule has 4 rings (SSSR count). The first-order valence-corrected chi connectivity index (χ1v) is 12.8. The fourth-order valence-electron chi connectivity index (χ4n) is 4.21. The van der Waals surface area contributed by atoms with Crippen molar-refractivity contribution in [3.63, 3.8) is 0 Å². The molecule has 3 aliphatic rings. The van der Waals surface area contributed by atoms with Gasteiger partial charge in [-0.2, -0.15) is 5.10 Å². The largest absolute Gasteiger partial charge is 0.456 e. The van der Waals surface area contributed by atoms with Crippen LogP contribution in [0.25, 0.3) is 0 Å². The van der Waals surface area contributed by atoms with Gasteiger partial charge in [-0.05, 0) is 50.7 Å². The summed E-state index contributed by atoms with van der Waals surface area (Å²) in [6.07, 6.45) is 9.94. The van der Waals surface area contributed by atoms with Crippen LogP contribution in [0.15, 0.2) is 28.4 Å². The van der Waals surface area contributed by atoms with E-state index in [9.17, 15) is 9.59 Å². The van der Waals surface area contributed by atoms with Crippen molar-refractivity contribution in [2.75, 3.05) is 13.2 Å². The second-order valence-corrected chi connectivity index (χ2v) is 9.51. The first kappa shape index (κ1) is 30.9. The first-order chi connectivity index (χ1) is 17.3. The monoisotopic (exact) mass is 501 g/mol. The van der Waals surface area contributed by atoms with Crippen molar-refractivity contribution in [3.8, 4) is 0 Å². The molecule has 0 atom stereocenters. The molecule has 1 amide bonds. The molecule has 0 unspecified atom stereocenters. The molecule has 0 radical (unpaired) electrons. The molecule has 1 aromatic rings. The van der Waals surface area contributed by atoms with Crippen LogP contribution in [-0.2, 0) is 20.7 Å². The van der Waals surface area contributed by atoms with Crippen molar-refractivity contribution in [2.24, 2.45) is 22.1 Å². The summed E-state index contributed by atoms with van der Waals surface area (Å²) >= 11 is 0. The fraction of sp³-hybridized carbons (Fsp3) is 0.654. The number of hydrogen-bond acceptors (Lipinski definition) is 8. The lowest BCUT2D eigenvalue weighted by Gasteiger charge is -2.31. The highest BCUT2D eigenvalue weighted by molar-refractivity contribution is 5.94. The van der Waals surface area contributed by atoms with Crippen LogP contribution in [0, 0.1) is 22.4 Å². The van der Waals surface area contributed by atoms with Gasteiger partial charge in [0.25, 0.3) is 0 Å². The Kier molecular flexibility index (Phi) is 13.5. The maximum absolute atomic E-state index is 12.6. The Balaban J connectivity index is 0.000000308. The summed E-state index contributed by atoms with van der Waals surface area (Å²) in [5.41, 5.74) is 17.3. The Bertz CT molecular complexity index is 891. The number of nitrogens with two attached hydrogens (primary N) is 1. The van der Waals surface area contributed by atoms with Crippen LogP contribution >= 0.6 is 0 Å². The van der Waals surface area contributed by atoms with Gasteiger partial charge >= 0.3 is 5.97 Å². The van der Waals surface area contributed by atoms with Crippen molar-refractivity contribution >= 4 is 24.0 Å². The van der Waals surface area contributed by atoms with Crippen LogP contribution in [0.5, 0.6) is 0 Å². The Morgan fingerprint density at radius 3 is 2.22 bits per heavy atom. The lowest BCUT2D eigenvalue weighted by molar-refractivity contribution is -0.138. The molecule has 1 spiro atoms. The highest BCUT2D eigenvalue weighted by Gasteiger charge is 2.48. The van der Waals surface area contributed by atoms with Crippen LogP contribution in [0.2, 0.25) is 0 Å². The van der Waals surface area contributed by atoms with Gasteiger partial charge in [0.15, 0.2) is 5.82 Å². The smallest absolute Gasteiger partial charge is 0.336 e. The van der Waals surface area contributed by atoms with Gasteiger partial charge in [0, 0.05) is 6.54 Å². The summed E-state index contributed by atoms with van der Waals surface area (Å²) in [7, 11) is 0. The number of hydrogen-bond donors (Lipinski definition) is 3. The van der Waals surface area contributed by atoms with Crippen molar-refractivity contribution in [1.29, 1.82) is 11.1 Å².